The number of carbonyl (C=O) groups is 1. The third-order valence-corrected chi connectivity index (χ3v) is 4.98. The number of carbonyl (C=O) groups excluding carboxylic acids is 1. The van der Waals surface area contributed by atoms with E-state index in [4.69, 9.17) is 11.6 Å². The van der Waals surface area contributed by atoms with Crippen LogP contribution < -0.4 is 26.8 Å². The lowest BCUT2D eigenvalue weighted by atomic mass is 10.1. The molecule has 0 saturated carbocycles. The van der Waals surface area contributed by atoms with E-state index in [1.54, 1.807) is 30.3 Å². The maximum Gasteiger partial charge on any atom is 0.261 e. The van der Waals surface area contributed by atoms with Gasteiger partial charge < -0.3 is 21.1 Å². The van der Waals surface area contributed by atoms with Crippen LogP contribution in [-0.4, -0.2) is 11.0 Å². The molecule has 4 N–H and O–H groups in total. The molecule has 0 unspecified atom stereocenters. The number of para-hydroxylation sites is 1. The molecule has 0 aliphatic heterocycles. The standard InChI is InChI=1S/C23H15ClFN3O4/c24-15-10-11-16(20(29)17(15)23(32)27-14-8-6-12(25)7-9-14)28-19-18(21(30)22(19)31)26-13-4-2-1-3-5-13/h1-11,26,28-29H,(H,27,32). The number of phenols is 1. The molecule has 0 atom stereocenters. The van der Waals surface area contributed by atoms with Gasteiger partial charge in [0.05, 0.1) is 10.7 Å². The molecular formula is C23H15ClFN3O4. The lowest BCUT2D eigenvalue weighted by Gasteiger charge is -2.17. The van der Waals surface area contributed by atoms with E-state index in [1.165, 1.54) is 36.4 Å². The van der Waals surface area contributed by atoms with Crippen molar-refractivity contribution in [3.63, 3.8) is 0 Å². The molecule has 0 fully saturated rings. The Bertz CT molecular complexity index is 1380. The van der Waals surface area contributed by atoms with Crippen molar-refractivity contribution < 1.29 is 14.3 Å². The number of amides is 1. The second kappa shape index (κ2) is 8.52. The van der Waals surface area contributed by atoms with Crippen molar-refractivity contribution >= 4 is 45.9 Å². The summed E-state index contributed by atoms with van der Waals surface area (Å²) in [4.78, 5) is 36.8. The van der Waals surface area contributed by atoms with E-state index in [-0.39, 0.29) is 27.6 Å². The maximum atomic E-state index is 13.1. The lowest BCUT2D eigenvalue weighted by Crippen LogP contribution is -2.35. The number of halogens is 2. The fourth-order valence-corrected chi connectivity index (χ4v) is 3.28. The SMILES string of the molecule is O=C(Nc1ccc(F)cc1)c1c(Cl)ccc(Nc2c(Nc3ccccc3)c(=O)c2=O)c1O. The summed E-state index contributed by atoms with van der Waals surface area (Å²) in [6, 6.07) is 16.5. The van der Waals surface area contributed by atoms with Crippen LogP contribution in [-0.2, 0) is 0 Å². The van der Waals surface area contributed by atoms with Gasteiger partial charge in [0.15, 0.2) is 5.75 Å². The smallest absolute Gasteiger partial charge is 0.261 e. The van der Waals surface area contributed by atoms with Crippen LogP contribution in [0.25, 0.3) is 0 Å². The highest BCUT2D eigenvalue weighted by Gasteiger charge is 2.24. The predicted molar refractivity (Wildman–Crippen MR) is 122 cm³/mol. The first kappa shape index (κ1) is 21.1. The molecule has 0 bridgehead atoms. The van der Waals surface area contributed by atoms with Crippen molar-refractivity contribution in [3.05, 3.63) is 104 Å². The minimum atomic E-state index is -0.768. The summed E-state index contributed by atoms with van der Waals surface area (Å²) in [7, 11) is 0. The summed E-state index contributed by atoms with van der Waals surface area (Å²) in [5.41, 5.74) is -0.855. The Labute approximate surface area is 185 Å². The molecule has 9 heteroatoms. The number of hydrogen-bond donors (Lipinski definition) is 4. The summed E-state index contributed by atoms with van der Waals surface area (Å²) in [6.07, 6.45) is 0. The molecule has 0 spiro atoms. The summed E-state index contributed by atoms with van der Waals surface area (Å²) < 4.78 is 13.1. The van der Waals surface area contributed by atoms with E-state index in [2.05, 4.69) is 16.0 Å². The fourth-order valence-electron chi connectivity index (χ4n) is 3.04. The molecule has 0 aliphatic rings. The monoisotopic (exact) mass is 451 g/mol. The zero-order valence-corrected chi connectivity index (χ0v) is 17.0. The van der Waals surface area contributed by atoms with E-state index < -0.39 is 28.3 Å². The molecule has 0 aliphatic carbocycles. The second-order valence-electron chi connectivity index (χ2n) is 6.80. The van der Waals surface area contributed by atoms with Crippen LogP contribution >= 0.6 is 11.6 Å². The normalized spacial score (nSPS) is 10.7. The van der Waals surface area contributed by atoms with Gasteiger partial charge >= 0.3 is 0 Å². The number of anilines is 5. The average Bonchev–Trinajstić information content (AvgIpc) is 2.79. The van der Waals surface area contributed by atoms with Crippen LogP contribution in [0.1, 0.15) is 10.4 Å². The van der Waals surface area contributed by atoms with Crippen molar-refractivity contribution in [1.82, 2.24) is 0 Å². The Kier molecular flexibility index (Phi) is 5.61. The topological polar surface area (TPSA) is 108 Å². The number of benzene rings is 3. The first-order valence-electron chi connectivity index (χ1n) is 9.36. The molecule has 0 heterocycles. The van der Waals surface area contributed by atoms with E-state index in [0.29, 0.717) is 11.4 Å². The van der Waals surface area contributed by atoms with Gasteiger partial charge in [-0.2, -0.15) is 0 Å². The first-order valence-corrected chi connectivity index (χ1v) is 9.73. The van der Waals surface area contributed by atoms with Crippen LogP contribution in [0, 0.1) is 5.82 Å². The molecule has 7 nitrogen and oxygen atoms in total. The van der Waals surface area contributed by atoms with Gasteiger partial charge in [0.25, 0.3) is 16.8 Å². The third kappa shape index (κ3) is 4.03. The quantitative estimate of drug-likeness (QED) is 0.253. The van der Waals surface area contributed by atoms with E-state index in [1.807, 2.05) is 0 Å². The molecule has 0 saturated heterocycles. The molecular weight excluding hydrogens is 437 g/mol. The fraction of sp³-hybridized carbons (Fsp3) is 0. The molecule has 0 aromatic heterocycles. The Morgan fingerprint density at radius 3 is 2.09 bits per heavy atom. The minimum absolute atomic E-state index is 0.00173. The van der Waals surface area contributed by atoms with Crippen LogP contribution in [0.5, 0.6) is 5.75 Å². The molecule has 4 rings (SSSR count). The molecule has 4 aromatic rings. The number of rotatable bonds is 6. The Morgan fingerprint density at radius 1 is 0.812 bits per heavy atom. The van der Waals surface area contributed by atoms with E-state index in [9.17, 15) is 23.9 Å². The second-order valence-corrected chi connectivity index (χ2v) is 7.21. The summed E-state index contributed by atoms with van der Waals surface area (Å²) in [5.74, 6) is -1.73. The number of phenolic OH excluding ortho intramolecular Hbond substituents is 1. The van der Waals surface area contributed by atoms with Gasteiger partial charge in [-0.15, -0.1) is 0 Å². The highest BCUT2D eigenvalue weighted by Crippen LogP contribution is 2.36. The molecule has 1 amide bonds. The van der Waals surface area contributed by atoms with Gasteiger partial charge in [-0.05, 0) is 48.5 Å². The van der Waals surface area contributed by atoms with Crippen molar-refractivity contribution in [1.29, 1.82) is 0 Å². The third-order valence-electron chi connectivity index (χ3n) is 4.67. The van der Waals surface area contributed by atoms with Crippen LogP contribution in [0.4, 0.5) is 32.8 Å². The summed E-state index contributed by atoms with van der Waals surface area (Å²) in [5, 5.41) is 18.7. The van der Waals surface area contributed by atoms with Crippen molar-refractivity contribution in [3.8, 4) is 5.75 Å². The predicted octanol–water partition coefficient (Wildman–Crippen LogP) is 4.52. The van der Waals surface area contributed by atoms with Gasteiger partial charge in [-0.1, -0.05) is 29.8 Å². The van der Waals surface area contributed by atoms with E-state index >= 15 is 0 Å². The highest BCUT2D eigenvalue weighted by atomic mass is 35.5. The molecule has 160 valence electrons. The summed E-state index contributed by atoms with van der Waals surface area (Å²) >= 11 is 6.11. The van der Waals surface area contributed by atoms with Crippen molar-refractivity contribution in [2.45, 2.75) is 0 Å². The Balaban J connectivity index is 1.62. The van der Waals surface area contributed by atoms with Crippen LogP contribution in [0.15, 0.2) is 76.3 Å². The first-order chi connectivity index (χ1) is 15.3. The zero-order chi connectivity index (χ0) is 22.8. The minimum Gasteiger partial charge on any atom is -0.505 e. The van der Waals surface area contributed by atoms with Gasteiger partial charge in [-0.3, -0.25) is 14.4 Å². The number of hydrogen-bond acceptors (Lipinski definition) is 6. The number of aromatic hydroxyl groups is 1. The van der Waals surface area contributed by atoms with Crippen molar-refractivity contribution in [2.75, 3.05) is 16.0 Å². The molecule has 32 heavy (non-hydrogen) atoms. The van der Waals surface area contributed by atoms with Gasteiger partial charge in [0, 0.05) is 11.4 Å². The van der Waals surface area contributed by atoms with Crippen LogP contribution in [0.2, 0.25) is 5.02 Å². The van der Waals surface area contributed by atoms with Crippen molar-refractivity contribution in [2.24, 2.45) is 0 Å². The maximum absolute atomic E-state index is 13.1. The Hall–Kier alpha value is -4.17. The van der Waals surface area contributed by atoms with Gasteiger partial charge in [0.2, 0.25) is 0 Å². The number of nitrogens with one attached hydrogen (secondary N) is 3. The van der Waals surface area contributed by atoms with Crippen LogP contribution in [0.3, 0.4) is 0 Å². The lowest BCUT2D eigenvalue weighted by molar-refractivity contribution is 0.102. The van der Waals surface area contributed by atoms with Gasteiger partial charge in [-0.25, -0.2) is 4.39 Å². The molecule has 0 radical (unpaired) electrons. The summed E-state index contributed by atoms with van der Waals surface area (Å²) in [6.45, 7) is 0. The largest absolute Gasteiger partial charge is 0.505 e. The molecule has 4 aromatic carbocycles. The highest BCUT2D eigenvalue weighted by molar-refractivity contribution is 6.35. The average molecular weight is 452 g/mol. The van der Waals surface area contributed by atoms with Gasteiger partial charge in [0.1, 0.15) is 22.8 Å². The zero-order valence-electron chi connectivity index (χ0n) is 16.3. The van der Waals surface area contributed by atoms with E-state index in [0.717, 1.165) is 0 Å². The Morgan fingerprint density at radius 2 is 1.44 bits per heavy atom.